The number of hydrogen-bond acceptors (Lipinski definition) is 3. The van der Waals surface area contributed by atoms with Crippen LogP contribution in [0.2, 0.25) is 0 Å². The molecule has 2 N–H and O–H groups in total. The van der Waals surface area contributed by atoms with Crippen molar-refractivity contribution in [2.45, 2.75) is 64.5 Å². The summed E-state index contributed by atoms with van der Waals surface area (Å²) in [5.41, 5.74) is 7.08. The van der Waals surface area contributed by atoms with Gasteiger partial charge in [0.25, 0.3) is 0 Å². The average molecular weight is 279 g/mol. The van der Waals surface area contributed by atoms with E-state index >= 15 is 0 Å². The fraction of sp³-hybridized carbons (Fsp3) is 1.00. The van der Waals surface area contributed by atoms with E-state index in [1.54, 1.807) is 0 Å². The van der Waals surface area contributed by atoms with E-state index < -0.39 is 0 Å². The highest BCUT2D eigenvalue weighted by atomic mass is 15.3. The fourth-order valence-electron chi connectivity index (χ4n) is 5.13. The lowest BCUT2D eigenvalue weighted by Crippen LogP contribution is -2.62. The van der Waals surface area contributed by atoms with Gasteiger partial charge in [-0.3, -0.25) is 9.80 Å². The van der Waals surface area contributed by atoms with Crippen LogP contribution in [0.4, 0.5) is 0 Å². The van der Waals surface area contributed by atoms with Crippen LogP contribution in [0, 0.1) is 11.3 Å². The molecular weight excluding hydrogens is 246 g/mol. The molecule has 0 amide bonds. The normalized spacial score (nSPS) is 37.5. The Morgan fingerprint density at radius 3 is 2.35 bits per heavy atom. The molecular formula is C17H33N3. The smallest absolute Gasteiger partial charge is 0.0498 e. The number of piperidine rings is 1. The molecule has 0 aliphatic carbocycles. The number of nitrogens with two attached hydrogens (primary N) is 1. The quantitative estimate of drug-likeness (QED) is 0.842. The average Bonchev–Trinajstić information content (AvgIpc) is 3.00. The van der Waals surface area contributed by atoms with Crippen LogP contribution in [0.5, 0.6) is 0 Å². The van der Waals surface area contributed by atoms with Crippen molar-refractivity contribution in [3.8, 4) is 0 Å². The lowest BCUT2D eigenvalue weighted by atomic mass is 9.74. The lowest BCUT2D eigenvalue weighted by molar-refractivity contribution is 0.0141. The van der Waals surface area contributed by atoms with Gasteiger partial charge in [0, 0.05) is 24.7 Å². The Morgan fingerprint density at radius 2 is 1.75 bits per heavy atom. The van der Waals surface area contributed by atoms with Gasteiger partial charge in [-0.05, 0) is 63.1 Å². The third-order valence-electron chi connectivity index (χ3n) is 6.52. The topological polar surface area (TPSA) is 32.5 Å². The summed E-state index contributed by atoms with van der Waals surface area (Å²) >= 11 is 0. The Labute approximate surface area is 124 Å². The van der Waals surface area contributed by atoms with E-state index in [1.165, 1.54) is 58.3 Å². The van der Waals surface area contributed by atoms with Crippen molar-refractivity contribution in [3.05, 3.63) is 0 Å². The Hall–Kier alpha value is -0.120. The van der Waals surface area contributed by atoms with Crippen LogP contribution >= 0.6 is 0 Å². The molecule has 0 spiro atoms. The minimum absolute atomic E-state index is 0.305. The summed E-state index contributed by atoms with van der Waals surface area (Å²) in [6.07, 6.45) is 6.77. The van der Waals surface area contributed by atoms with Crippen molar-refractivity contribution in [2.24, 2.45) is 17.1 Å². The third kappa shape index (κ3) is 2.32. The summed E-state index contributed by atoms with van der Waals surface area (Å²) in [5.74, 6) is 0.884. The number of fused-ring (bicyclic) bond motifs is 1. The van der Waals surface area contributed by atoms with Gasteiger partial charge in [0.05, 0.1) is 0 Å². The zero-order valence-electron chi connectivity index (χ0n) is 13.7. The molecule has 2 atom stereocenters. The van der Waals surface area contributed by atoms with Gasteiger partial charge in [-0.25, -0.2) is 0 Å². The van der Waals surface area contributed by atoms with Crippen molar-refractivity contribution >= 4 is 0 Å². The van der Waals surface area contributed by atoms with Crippen LogP contribution in [-0.2, 0) is 0 Å². The van der Waals surface area contributed by atoms with Crippen molar-refractivity contribution in [2.75, 3.05) is 32.7 Å². The predicted molar refractivity (Wildman–Crippen MR) is 84.7 cm³/mol. The molecule has 3 rings (SSSR count). The monoisotopic (exact) mass is 279 g/mol. The van der Waals surface area contributed by atoms with Crippen molar-refractivity contribution < 1.29 is 0 Å². The van der Waals surface area contributed by atoms with E-state index in [-0.39, 0.29) is 0 Å². The first kappa shape index (κ1) is 14.8. The maximum atomic E-state index is 6.31. The Morgan fingerprint density at radius 1 is 1.05 bits per heavy atom. The first-order valence-corrected chi connectivity index (χ1v) is 8.66. The van der Waals surface area contributed by atoms with Crippen LogP contribution in [0.1, 0.15) is 52.9 Å². The second-order valence-corrected chi connectivity index (χ2v) is 8.38. The number of likely N-dealkylation sites (tertiary alicyclic amines) is 1. The molecule has 0 aromatic heterocycles. The van der Waals surface area contributed by atoms with Crippen LogP contribution in [0.25, 0.3) is 0 Å². The summed E-state index contributed by atoms with van der Waals surface area (Å²) in [5, 5.41) is 0. The van der Waals surface area contributed by atoms with E-state index in [4.69, 9.17) is 5.73 Å². The number of hydrogen-bond donors (Lipinski definition) is 1. The summed E-state index contributed by atoms with van der Waals surface area (Å²) in [6, 6.07) is 0.749. The molecule has 2 unspecified atom stereocenters. The second kappa shape index (κ2) is 5.26. The SMILES string of the molecule is CC(C)(C)C1CCN(C2(CN)CCN3CCCC32)CC1. The van der Waals surface area contributed by atoms with Crippen LogP contribution in [0.3, 0.4) is 0 Å². The minimum Gasteiger partial charge on any atom is -0.329 e. The predicted octanol–water partition coefficient (Wildman–Crippen LogP) is 2.31. The summed E-state index contributed by atoms with van der Waals surface area (Å²) in [7, 11) is 0. The number of rotatable bonds is 2. The fourth-order valence-corrected chi connectivity index (χ4v) is 5.13. The molecule has 20 heavy (non-hydrogen) atoms. The van der Waals surface area contributed by atoms with E-state index in [0.717, 1.165) is 18.5 Å². The van der Waals surface area contributed by atoms with E-state index in [0.29, 0.717) is 11.0 Å². The Bertz CT molecular complexity index is 341. The van der Waals surface area contributed by atoms with Crippen LogP contribution in [-0.4, -0.2) is 54.1 Å². The zero-order chi connectivity index (χ0) is 14.4. The molecule has 3 nitrogen and oxygen atoms in total. The molecule has 0 bridgehead atoms. The van der Waals surface area contributed by atoms with Gasteiger partial charge in [0.2, 0.25) is 0 Å². The maximum absolute atomic E-state index is 6.31. The van der Waals surface area contributed by atoms with Gasteiger partial charge in [-0.15, -0.1) is 0 Å². The molecule has 0 radical (unpaired) electrons. The Balaban J connectivity index is 1.70. The second-order valence-electron chi connectivity index (χ2n) is 8.38. The molecule has 3 aliphatic rings. The highest BCUT2D eigenvalue weighted by molar-refractivity contribution is 5.10. The molecule has 0 aromatic rings. The molecule has 0 saturated carbocycles. The van der Waals surface area contributed by atoms with Gasteiger partial charge < -0.3 is 5.73 Å². The first-order chi connectivity index (χ1) is 9.47. The van der Waals surface area contributed by atoms with E-state index in [1.807, 2.05) is 0 Å². The van der Waals surface area contributed by atoms with Crippen LogP contribution < -0.4 is 5.73 Å². The minimum atomic E-state index is 0.305. The summed E-state index contributed by atoms with van der Waals surface area (Å²) in [6.45, 7) is 13.2. The molecule has 3 aliphatic heterocycles. The van der Waals surface area contributed by atoms with E-state index in [2.05, 4.69) is 30.6 Å². The molecule has 3 saturated heterocycles. The molecule has 116 valence electrons. The van der Waals surface area contributed by atoms with Gasteiger partial charge in [-0.1, -0.05) is 20.8 Å². The third-order valence-corrected chi connectivity index (χ3v) is 6.52. The lowest BCUT2D eigenvalue weighted by Gasteiger charge is -2.49. The molecule has 0 aromatic carbocycles. The standard InChI is InChI=1S/C17H33N3/c1-16(2,3)14-6-10-20(11-7-14)17(13-18)8-12-19-9-4-5-15(17)19/h14-15H,4-13,18H2,1-3H3. The first-order valence-electron chi connectivity index (χ1n) is 8.66. The van der Waals surface area contributed by atoms with Crippen LogP contribution in [0.15, 0.2) is 0 Å². The van der Waals surface area contributed by atoms with Gasteiger partial charge >= 0.3 is 0 Å². The maximum Gasteiger partial charge on any atom is 0.0498 e. The van der Waals surface area contributed by atoms with Crippen molar-refractivity contribution in [1.29, 1.82) is 0 Å². The van der Waals surface area contributed by atoms with Crippen molar-refractivity contribution in [1.82, 2.24) is 9.80 Å². The number of nitrogens with zero attached hydrogens (tertiary/aromatic N) is 2. The summed E-state index contributed by atoms with van der Waals surface area (Å²) < 4.78 is 0. The molecule has 3 fully saturated rings. The van der Waals surface area contributed by atoms with Gasteiger partial charge in [0.15, 0.2) is 0 Å². The molecule has 3 heterocycles. The largest absolute Gasteiger partial charge is 0.329 e. The highest BCUT2D eigenvalue weighted by Gasteiger charge is 2.52. The van der Waals surface area contributed by atoms with E-state index in [9.17, 15) is 0 Å². The van der Waals surface area contributed by atoms with Gasteiger partial charge in [-0.2, -0.15) is 0 Å². The zero-order valence-corrected chi connectivity index (χ0v) is 13.7. The Kier molecular flexibility index (Phi) is 3.89. The highest BCUT2D eigenvalue weighted by Crippen LogP contribution is 2.43. The van der Waals surface area contributed by atoms with Crippen molar-refractivity contribution in [3.63, 3.8) is 0 Å². The molecule has 3 heteroatoms. The van der Waals surface area contributed by atoms with Gasteiger partial charge in [0.1, 0.15) is 0 Å². The summed E-state index contributed by atoms with van der Waals surface area (Å²) in [4.78, 5) is 5.49.